The fraction of sp³-hybridized carbons (Fsp3) is 0.788. The van der Waals surface area contributed by atoms with E-state index in [4.69, 9.17) is 30.2 Å². The van der Waals surface area contributed by atoms with E-state index in [-0.39, 0.29) is 46.7 Å². The highest BCUT2D eigenvalue weighted by atomic mass is 35.5. The van der Waals surface area contributed by atoms with Crippen LogP contribution in [0.1, 0.15) is 100 Å². The van der Waals surface area contributed by atoms with Crippen LogP contribution >= 0.6 is 22.9 Å². The molecule has 240 valence electrons. The van der Waals surface area contributed by atoms with Crippen molar-refractivity contribution in [3.05, 3.63) is 34.0 Å². The second kappa shape index (κ2) is 16.5. The van der Waals surface area contributed by atoms with Gasteiger partial charge in [-0.15, -0.1) is 22.9 Å². The fourth-order valence-electron chi connectivity index (χ4n) is 5.81. The fourth-order valence-corrected chi connectivity index (χ4v) is 8.73. The van der Waals surface area contributed by atoms with Crippen molar-refractivity contribution in [1.82, 2.24) is 0 Å². The van der Waals surface area contributed by atoms with Crippen LogP contribution in [0.4, 0.5) is 0 Å². The summed E-state index contributed by atoms with van der Waals surface area (Å²) in [5.74, 6) is 0.0957. The number of methoxy groups -OCH3 is 1. The van der Waals surface area contributed by atoms with E-state index in [1.807, 2.05) is 18.2 Å². The van der Waals surface area contributed by atoms with E-state index in [1.165, 1.54) is 23.3 Å². The molecular formula is C33H55ClO6SSi. The van der Waals surface area contributed by atoms with E-state index in [0.717, 1.165) is 64.4 Å². The monoisotopic (exact) mass is 642 g/mol. The number of ether oxygens (including phenoxy) is 3. The van der Waals surface area contributed by atoms with E-state index < -0.39 is 14.4 Å². The number of hydrogen-bond acceptors (Lipinski definition) is 7. The van der Waals surface area contributed by atoms with Crippen LogP contribution in [0.5, 0.6) is 0 Å². The number of carbonyl (C=O) groups excluding carboxylic acids is 1. The molecule has 0 aromatic carbocycles. The number of thiophene rings is 1. The minimum atomic E-state index is -1.79. The van der Waals surface area contributed by atoms with Crippen LogP contribution in [0.15, 0.2) is 24.3 Å². The number of aryl methyl sites for hydroxylation is 1. The minimum Gasteiger partial charge on any atom is -0.465 e. The lowest BCUT2D eigenvalue weighted by molar-refractivity contribution is -0.192. The van der Waals surface area contributed by atoms with Gasteiger partial charge in [0.05, 0.1) is 19.3 Å². The first-order valence-electron chi connectivity index (χ1n) is 15.9. The molecule has 0 spiro atoms. The number of halogens is 1. The van der Waals surface area contributed by atoms with Gasteiger partial charge in [-0.2, -0.15) is 0 Å². The lowest BCUT2D eigenvalue weighted by atomic mass is 9.88. The molecule has 1 aromatic heterocycles. The molecule has 3 rings (SSSR count). The zero-order chi connectivity index (χ0) is 30.9. The normalized spacial score (nSPS) is 26.9. The van der Waals surface area contributed by atoms with Gasteiger partial charge in [0.2, 0.25) is 0 Å². The Morgan fingerprint density at radius 2 is 2.00 bits per heavy atom. The number of aliphatic hydroxyl groups excluding tert-OH is 1. The molecule has 6 nitrogen and oxygen atoms in total. The van der Waals surface area contributed by atoms with Gasteiger partial charge in [-0.3, -0.25) is 0 Å². The molecule has 7 atom stereocenters. The van der Waals surface area contributed by atoms with Crippen molar-refractivity contribution in [2.75, 3.05) is 13.7 Å². The maximum absolute atomic E-state index is 11.8. The number of esters is 1. The van der Waals surface area contributed by atoms with Gasteiger partial charge in [0.1, 0.15) is 4.88 Å². The topological polar surface area (TPSA) is 74.2 Å². The Kier molecular flexibility index (Phi) is 14.1. The van der Waals surface area contributed by atoms with E-state index in [0.29, 0.717) is 11.3 Å². The summed E-state index contributed by atoms with van der Waals surface area (Å²) in [6.07, 6.45) is 12.9. The Hall–Kier alpha value is -0.743. The lowest BCUT2D eigenvalue weighted by Gasteiger charge is -2.38. The van der Waals surface area contributed by atoms with Gasteiger partial charge in [-0.25, -0.2) is 4.79 Å². The highest BCUT2D eigenvalue weighted by molar-refractivity contribution is 7.13. The van der Waals surface area contributed by atoms with Gasteiger partial charge in [-0.1, -0.05) is 32.9 Å². The predicted molar refractivity (Wildman–Crippen MR) is 175 cm³/mol. The third-order valence-corrected chi connectivity index (χ3v) is 15.5. The van der Waals surface area contributed by atoms with Gasteiger partial charge in [0.15, 0.2) is 14.6 Å². The first-order chi connectivity index (χ1) is 19.8. The van der Waals surface area contributed by atoms with Crippen molar-refractivity contribution in [3.63, 3.8) is 0 Å². The molecule has 0 bridgehead atoms. The van der Waals surface area contributed by atoms with Gasteiger partial charge < -0.3 is 23.7 Å². The largest absolute Gasteiger partial charge is 0.465 e. The molecule has 0 radical (unpaired) electrons. The van der Waals surface area contributed by atoms with Gasteiger partial charge in [0.25, 0.3) is 0 Å². The zero-order valence-corrected chi connectivity index (χ0v) is 29.5. The molecule has 1 aromatic rings. The van der Waals surface area contributed by atoms with Crippen LogP contribution in [-0.4, -0.2) is 63.1 Å². The summed E-state index contributed by atoms with van der Waals surface area (Å²) in [5.41, 5.74) is 0. The zero-order valence-electron chi connectivity index (χ0n) is 26.9. The maximum Gasteiger partial charge on any atom is 0.348 e. The Bertz CT molecular complexity index is 985. The second-order valence-corrected chi connectivity index (χ2v) is 20.2. The number of aliphatic hydroxyl groups is 1. The standard InChI is InChI=1S/C33H55ClO6SSi/c1-23(40-42(6,7)33(2,3)4)12-10-13-24(35)17-19-27-26(15-11-14-25-18-20-30(41-25)32(36)37-5)28(34)22-29(27)39-31-16-8-9-21-38-31/h17-20,23-24,26-29,31,35H,8-16,21-22H2,1-7H3/t23-,24-,26+,27+,28+,29+,31?/m0/s1. The summed E-state index contributed by atoms with van der Waals surface area (Å²) >= 11 is 8.46. The summed E-state index contributed by atoms with van der Waals surface area (Å²) in [5, 5.41) is 11.1. The summed E-state index contributed by atoms with van der Waals surface area (Å²) in [7, 11) is -0.379. The summed E-state index contributed by atoms with van der Waals surface area (Å²) in [4.78, 5) is 13.6. The van der Waals surface area contributed by atoms with Crippen molar-refractivity contribution in [2.24, 2.45) is 11.8 Å². The Balaban J connectivity index is 1.57. The van der Waals surface area contributed by atoms with Gasteiger partial charge in [-0.05, 0) is 107 Å². The maximum atomic E-state index is 11.8. The third kappa shape index (κ3) is 10.7. The van der Waals surface area contributed by atoms with E-state index in [9.17, 15) is 9.90 Å². The van der Waals surface area contributed by atoms with Crippen molar-refractivity contribution in [1.29, 1.82) is 0 Å². The number of alkyl halides is 1. The number of carbonyl (C=O) groups is 1. The first-order valence-corrected chi connectivity index (χ1v) is 20.1. The van der Waals surface area contributed by atoms with Crippen LogP contribution < -0.4 is 0 Å². The molecule has 1 aliphatic heterocycles. The van der Waals surface area contributed by atoms with Crippen LogP contribution in [0.3, 0.4) is 0 Å². The summed E-state index contributed by atoms with van der Waals surface area (Å²) < 4.78 is 23.7. The molecule has 1 N–H and O–H groups in total. The summed E-state index contributed by atoms with van der Waals surface area (Å²) in [6.45, 7) is 14.3. The van der Waals surface area contributed by atoms with Crippen LogP contribution in [0.2, 0.25) is 18.1 Å². The number of hydrogen-bond donors (Lipinski definition) is 1. The van der Waals surface area contributed by atoms with Crippen molar-refractivity contribution in [3.8, 4) is 0 Å². The Morgan fingerprint density at radius 1 is 1.24 bits per heavy atom. The highest BCUT2D eigenvalue weighted by Crippen LogP contribution is 2.43. The van der Waals surface area contributed by atoms with E-state index >= 15 is 0 Å². The molecular weight excluding hydrogens is 588 g/mol. The van der Waals surface area contributed by atoms with Gasteiger partial charge in [0, 0.05) is 28.9 Å². The molecule has 1 saturated carbocycles. The highest BCUT2D eigenvalue weighted by Gasteiger charge is 2.43. The molecule has 42 heavy (non-hydrogen) atoms. The SMILES string of the molecule is COC(=O)c1ccc(CCC[C@@H]2[C@@H](C=C[C@@H](O)CCC[C@H](C)O[Si](C)(C)C(C)(C)C)[C@H](OC3CCCCO3)C[C@H]2Cl)s1. The van der Waals surface area contributed by atoms with Gasteiger partial charge >= 0.3 is 5.97 Å². The smallest absolute Gasteiger partial charge is 0.348 e. The molecule has 1 aliphatic carbocycles. The quantitative estimate of drug-likeness (QED) is 0.0895. The molecule has 9 heteroatoms. The Labute approximate surface area is 264 Å². The molecule has 2 fully saturated rings. The second-order valence-electron chi connectivity index (χ2n) is 13.7. The Morgan fingerprint density at radius 3 is 2.67 bits per heavy atom. The van der Waals surface area contributed by atoms with Crippen molar-refractivity contribution in [2.45, 2.75) is 140 Å². The van der Waals surface area contributed by atoms with Crippen LogP contribution in [0.25, 0.3) is 0 Å². The van der Waals surface area contributed by atoms with E-state index in [1.54, 1.807) is 0 Å². The lowest BCUT2D eigenvalue weighted by Crippen LogP contribution is -2.43. The molecule has 1 saturated heterocycles. The average Bonchev–Trinajstić information content (AvgIpc) is 3.51. The molecule has 2 heterocycles. The predicted octanol–water partition coefficient (Wildman–Crippen LogP) is 8.51. The third-order valence-electron chi connectivity index (χ3n) is 9.29. The average molecular weight is 643 g/mol. The van der Waals surface area contributed by atoms with Crippen LogP contribution in [0, 0.1) is 11.8 Å². The first kappa shape index (κ1) is 35.7. The molecule has 1 unspecified atom stereocenters. The summed E-state index contributed by atoms with van der Waals surface area (Å²) in [6, 6.07) is 3.86. The molecule has 0 amide bonds. The van der Waals surface area contributed by atoms with E-state index in [2.05, 4.69) is 46.9 Å². The molecule has 2 aliphatic rings. The van der Waals surface area contributed by atoms with Crippen LogP contribution in [-0.2, 0) is 25.1 Å². The van der Waals surface area contributed by atoms with Crippen molar-refractivity contribution >= 4 is 37.2 Å². The van der Waals surface area contributed by atoms with Crippen molar-refractivity contribution < 1.29 is 28.5 Å². The number of rotatable bonds is 15. The minimum absolute atomic E-state index is 0.00712.